The maximum Gasteiger partial charge on any atom is 0.387 e. The number of H-pyrrole nitrogens is 1. The van der Waals surface area contributed by atoms with Crippen LogP contribution in [0.15, 0.2) is 48.5 Å². The van der Waals surface area contributed by atoms with E-state index in [0.29, 0.717) is 18.7 Å². The molecule has 0 unspecified atom stereocenters. The molecule has 4 rings (SSSR count). The van der Waals surface area contributed by atoms with Crippen molar-refractivity contribution in [2.45, 2.75) is 25.4 Å². The van der Waals surface area contributed by atoms with E-state index in [-0.39, 0.29) is 17.6 Å². The van der Waals surface area contributed by atoms with Gasteiger partial charge >= 0.3 is 6.61 Å². The molecule has 1 atom stereocenters. The van der Waals surface area contributed by atoms with Crippen LogP contribution in [0.2, 0.25) is 0 Å². The van der Waals surface area contributed by atoms with Crippen LogP contribution in [-0.2, 0) is 0 Å². The van der Waals surface area contributed by atoms with Crippen molar-refractivity contribution in [1.29, 1.82) is 0 Å². The number of carbonyl (C=O) groups excluding carboxylic acids is 1. The molecule has 0 radical (unpaired) electrons. The van der Waals surface area contributed by atoms with Gasteiger partial charge in [0.25, 0.3) is 5.91 Å². The van der Waals surface area contributed by atoms with E-state index in [0.717, 1.165) is 29.7 Å². The van der Waals surface area contributed by atoms with E-state index in [1.165, 1.54) is 24.3 Å². The van der Waals surface area contributed by atoms with Crippen molar-refractivity contribution < 1.29 is 18.3 Å². The number of hydrogen-bond donors (Lipinski definition) is 1. The first kappa shape index (κ1) is 17.5. The number of ether oxygens (including phenoxy) is 1. The van der Waals surface area contributed by atoms with Crippen molar-refractivity contribution in [2.75, 3.05) is 13.1 Å². The number of fused-ring (bicyclic) bond motifs is 1. The second kappa shape index (κ2) is 7.34. The fourth-order valence-electron chi connectivity index (χ4n) is 3.51. The summed E-state index contributed by atoms with van der Waals surface area (Å²) in [6.45, 7) is -1.63. The van der Waals surface area contributed by atoms with Gasteiger partial charge in [0.15, 0.2) is 0 Å². The van der Waals surface area contributed by atoms with Crippen LogP contribution < -0.4 is 4.74 Å². The zero-order valence-electron chi connectivity index (χ0n) is 14.6. The van der Waals surface area contributed by atoms with E-state index < -0.39 is 6.61 Å². The first-order valence-corrected chi connectivity index (χ1v) is 8.89. The first-order valence-electron chi connectivity index (χ1n) is 8.89. The molecule has 1 fully saturated rings. The standard InChI is InChI=1S/C20H19F2N3O2/c21-20(22)27-15-9-7-13(8-10-15)19(26)25-11-3-4-14(12-25)18-23-16-5-1-2-6-17(16)24-18/h1-2,5-10,14,20H,3-4,11-12H2,(H,23,24)/t14-/m0/s1. The Morgan fingerprint density at radius 3 is 2.70 bits per heavy atom. The molecule has 1 saturated heterocycles. The number of benzene rings is 2. The van der Waals surface area contributed by atoms with Crippen LogP contribution in [0.4, 0.5) is 8.78 Å². The number of nitrogens with one attached hydrogen (secondary N) is 1. The molecule has 2 aromatic carbocycles. The van der Waals surface area contributed by atoms with Crippen LogP contribution in [0.5, 0.6) is 5.75 Å². The quantitative estimate of drug-likeness (QED) is 0.748. The highest BCUT2D eigenvalue weighted by atomic mass is 19.3. The van der Waals surface area contributed by atoms with Gasteiger partial charge in [0.05, 0.1) is 11.0 Å². The number of para-hydroxylation sites is 2. The fourth-order valence-corrected chi connectivity index (χ4v) is 3.51. The normalized spacial score (nSPS) is 17.4. The Hall–Kier alpha value is -2.96. The smallest absolute Gasteiger partial charge is 0.387 e. The van der Waals surface area contributed by atoms with Gasteiger partial charge in [-0.3, -0.25) is 4.79 Å². The second-order valence-corrected chi connectivity index (χ2v) is 6.63. The summed E-state index contributed by atoms with van der Waals surface area (Å²) in [6, 6.07) is 13.7. The molecule has 1 amide bonds. The topological polar surface area (TPSA) is 58.2 Å². The number of hydrogen-bond acceptors (Lipinski definition) is 3. The van der Waals surface area contributed by atoms with Crippen LogP contribution in [-0.4, -0.2) is 40.5 Å². The fraction of sp³-hybridized carbons (Fsp3) is 0.300. The predicted molar refractivity (Wildman–Crippen MR) is 97.0 cm³/mol. The van der Waals surface area contributed by atoms with Gasteiger partial charge in [-0.1, -0.05) is 12.1 Å². The number of rotatable bonds is 4. The molecule has 1 aromatic heterocycles. The summed E-state index contributed by atoms with van der Waals surface area (Å²) in [5.74, 6) is 0.977. The van der Waals surface area contributed by atoms with E-state index >= 15 is 0 Å². The molecule has 2 heterocycles. The molecule has 3 aromatic rings. The minimum absolute atomic E-state index is 0.0420. The number of nitrogens with zero attached hydrogens (tertiary/aromatic N) is 2. The van der Waals surface area contributed by atoms with Gasteiger partial charge in [0.2, 0.25) is 0 Å². The lowest BCUT2D eigenvalue weighted by atomic mass is 9.96. The first-order chi connectivity index (χ1) is 13.1. The van der Waals surface area contributed by atoms with Gasteiger partial charge in [-0.15, -0.1) is 0 Å². The number of alkyl halides is 2. The van der Waals surface area contributed by atoms with Gasteiger partial charge in [-0.05, 0) is 49.2 Å². The maximum atomic E-state index is 12.8. The number of amides is 1. The Morgan fingerprint density at radius 2 is 1.96 bits per heavy atom. The largest absolute Gasteiger partial charge is 0.435 e. The summed E-state index contributed by atoms with van der Waals surface area (Å²) >= 11 is 0. The zero-order chi connectivity index (χ0) is 18.8. The number of imidazole rings is 1. The van der Waals surface area contributed by atoms with Crippen molar-refractivity contribution in [3.63, 3.8) is 0 Å². The number of aromatic nitrogens is 2. The van der Waals surface area contributed by atoms with Gasteiger partial charge in [-0.25, -0.2) is 4.98 Å². The highest BCUT2D eigenvalue weighted by Crippen LogP contribution is 2.28. The van der Waals surface area contributed by atoms with E-state index in [9.17, 15) is 13.6 Å². The molecule has 0 aliphatic carbocycles. The molecule has 140 valence electrons. The van der Waals surface area contributed by atoms with Crippen molar-refractivity contribution >= 4 is 16.9 Å². The minimum Gasteiger partial charge on any atom is -0.435 e. The van der Waals surface area contributed by atoms with E-state index in [2.05, 4.69) is 14.7 Å². The summed E-state index contributed by atoms with van der Waals surface area (Å²) < 4.78 is 28.8. The van der Waals surface area contributed by atoms with Crippen LogP contribution in [0.25, 0.3) is 11.0 Å². The summed E-state index contributed by atoms with van der Waals surface area (Å²) in [6.07, 6.45) is 1.85. The molecule has 1 aliphatic heterocycles. The Kier molecular flexibility index (Phi) is 4.75. The Morgan fingerprint density at radius 1 is 1.19 bits per heavy atom. The summed E-state index contributed by atoms with van der Waals surface area (Å²) in [5, 5.41) is 0. The van der Waals surface area contributed by atoms with Crippen molar-refractivity contribution in [2.24, 2.45) is 0 Å². The number of likely N-dealkylation sites (tertiary alicyclic amines) is 1. The Balaban J connectivity index is 1.48. The van der Waals surface area contributed by atoms with Gasteiger partial charge < -0.3 is 14.6 Å². The minimum atomic E-state index is -2.88. The molecule has 1 aliphatic rings. The third-order valence-electron chi connectivity index (χ3n) is 4.83. The van der Waals surface area contributed by atoms with Gasteiger partial charge in [0.1, 0.15) is 11.6 Å². The number of halogens is 2. The summed E-state index contributed by atoms with van der Waals surface area (Å²) in [7, 11) is 0. The maximum absolute atomic E-state index is 12.8. The molecule has 0 saturated carbocycles. The van der Waals surface area contributed by atoms with Gasteiger partial charge in [-0.2, -0.15) is 8.78 Å². The molecule has 1 N–H and O–H groups in total. The molecule has 0 bridgehead atoms. The summed E-state index contributed by atoms with van der Waals surface area (Å²) in [4.78, 5) is 22.6. The van der Waals surface area contributed by atoms with Crippen molar-refractivity contribution in [1.82, 2.24) is 14.9 Å². The molecular weight excluding hydrogens is 352 g/mol. The highest BCUT2D eigenvalue weighted by molar-refractivity contribution is 5.94. The second-order valence-electron chi connectivity index (χ2n) is 6.63. The third-order valence-corrected chi connectivity index (χ3v) is 4.83. The number of carbonyl (C=O) groups is 1. The molecule has 5 nitrogen and oxygen atoms in total. The van der Waals surface area contributed by atoms with Crippen LogP contribution in [0.3, 0.4) is 0 Å². The lowest BCUT2D eigenvalue weighted by Gasteiger charge is -2.32. The Labute approximate surface area is 155 Å². The monoisotopic (exact) mass is 371 g/mol. The lowest BCUT2D eigenvalue weighted by Crippen LogP contribution is -2.39. The van der Waals surface area contributed by atoms with Crippen LogP contribution in [0, 0.1) is 0 Å². The Bertz CT molecular complexity index is 907. The van der Waals surface area contributed by atoms with Crippen LogP contribution >= 0.6 is 0 Å². The molecular formula is C20H19F2N3O2. The zero-order valence-corrected chi connectivity index (χ0v) is 14.6. The molecule has 0 spiro atoms. The lowest BCUT2D eigenvalue weighted by molar-refractivity contribution is -0.0498. The average molecular weight is 371 g/mol. The number of piperidine rings is 1. The van der Waals surface area contributed by atoms with Gasteiger partial charge in [0, 0.05) is 24.6 Å². The van der Waals surface area contributed by atoms with Crippen LogP contribution in [0.1, 0.15) is 34.9 Å². The molecule has 7 heteroatoms. The van der Waals surface area contributed by atoms with E-state index in [4.69, 9.17) is 0 Å². The summed E-state index contributed by atoms with van der Waals surface area (Å²) in [5.41, 5.74) is 2.37. The number of aromatic amines is 1. The molecule has 27 heavy (non-hydrogen) atoms. The predicted octanol–water partition coefficient (Wildman–Crippen LogP) is 4.18. The third kappa shape index (κ3) is 3.77. The average Bonchev–Trinajstić information content (AvgIpc) is 3.12. The SMILES string of the molecule is O=C(c1ccc(OC(F)F)cc1)N1CCC[C@H](c2nc3ccccc3[nH]2)C1. The van der Waals surface area contributed by atoms with Crippen molar-refractivity contribution in [3.8, 4) is 5.75 Å². The van der Waals surface area contributed by atoms with E-state index in [1.54, 1.807) is 4.90 Å². The van der Waals surface area contributed by atoms with Crippen molar-refractivity contribution in [3.05, 3.63) is 59.9 Å². The van der Waals surface area contributed by atoms with E-state index in [1.807, 2.05) is 24.3 Å². The highest BCUT2D eigenvalue weighted by Gasteiger charge is 2.27.